The summed E-state index contributed by atoms with van der Waals surface area (Å²) in [4.78, 5) is 0. The molecule has 1 saturated heterocycles. The van der Waals surface area contributed by atoms with E-state index in [0.717, 1.165) is 11.1 Å². The van der Waals surface area contributed by atoms with Crippen molar-refractivity contribution in [2.24, 2.45) is 0 Å². The number of halogens is 2. The highest BCUT2D eigenvalue weighted by Crippen LogP contribution is 2.73. The van der Waals surface area contributed by atoms with E-state index in [1.807, 2.05) is 24.3 Å². The summed E-state index contributed by atoms with van der Waals surface area (Å²) in [5.74, 6) is 0. The first-order valence-corrected chi connectivity index (χ1v) is 10.3. The van der Waals surface area contributed by atoms with Gasteiger partial charge >= 0.3 is 0 Å². The van der Waals surface area contributed by atoms with Crippen LogP contribution in [-0.2, 0) is 15.9 Å². The van der Waals surface area contributed by atoms with Crippen LogP contribution >= 0.6 is 23.2 Å². The second-order valence-electron chi connectivity index (χ2n) is 7.57. The summed E-state index contributed by atoms with van der Waals surface area (Å²) in [6, 6.07) is 33.1. The highest BCUT2D eigenvalue weighted by Gasteiger charge is 2.76. The second kappa shape index (κ2) is 5.96. The Bertz CT molecular complexity index is 1150. The molecule has 1 heterocycles. The minimum absolute atomic E-state index is 0.601. The first kappa shape index (κ1) is 17.3. The summed E-state index contributed by atoms with van der Waals surface area (Å²) in [5, 5.41) is 1.43. The lowest BCUT2D eigenvalue weighted by Gasteiger charge is -2.30. The molecule has 0 bridgehead atoms. The highest BCUT2D eigenvalue weighted by molar-refractivity contribution is 6.30. The molecule has 0 aromatic heterocycles. The van der Waals surface area contributed by atoms with Crippen LogP contribution < -0.4 is 0 Å². The Kier molecular flexibility index (Phi) is 3.56. The lowest BCUT2D eigenvalue weighted by atomic mass is 9.66. The molecule has 2 aliphatic rings. The van der Waals surface area contributed by atoms with E-state index in [0.29, 0.717) is 10.0 Å². The van der Waals surface area contributed by atoms with Gasteiger partial charge in [0.05, 0.1) is 0 Å². The van der Waals surface area contributed by atoms with Gasteiger partial charge in [-0.25, -0.2) is 0 Å². The van der Waals surface area contributed by atoms with Crippen LogP contribution in [0.2, 0.25) is 10.0 Å². The molecule has 0 amide bonds. The van der Waals surface area contributed by atoms with E-state index in [2.05, 4.69) is 72.8 Å². The number of benzene rings is 4. The Morgan fingerprint density at radius 2 is 0.862 bits per heavy atom. The summed E-state index contributed by atoms with van der Waals surface area (Å²) in [6.45, 7) is 0. The van der Waals surface area contributed by atoms with Crippen molar-refractivity contribution in [3.8, 4) is 11.1 Å². The molecule has 0 radical (unpaired) electrons. The Hall–Kier alpha value is -2.58. The van der Waals surface area contributed by atoms with Gasteiger partial charge in [-0.05, 0) is 57.6 Å². The molecule has 6 rings (SSSR count). The molecule has 2 atom stereocenters. The van der Waals surface area contributed by atoms with Crippen molar-refractivity contribution in [1.82, 2.24) is 0 Å². The molecule has 2 unspecified atom stereocenters. The molecule has 0 spiro atoms. The van der Waals surface area contributed by atoms with Gasteiger partial charge in [-0.15, -0.1) is 0 Å². The zero-order valence-electron chi connectivity index (χ0n) is 15.4. The molecule has 1 aliphatic carbocycles. The van der Waals surface area contributed by atoms with E-state index in [1.165, 1.54) is 22.3 Å². The maximum absolute atomic E-state index is 6.87. The van der Waals surface area contributed by atoms with E-state index in [4.69, 9.17) is 27.9 Å². The summed E-state index contributed by atoms with van der Waals surface area (Å²) >= 11 is 12.4. The zero-order valence-corrected chi connectivity index (χ0v) is 16.9. The molecular weight excluding hydrogens is 399 g/mol. The Morgan fingerprint density at radius 1 is 0.483 bits per heavy atom. The van der Waals surface area contributed by atoms with Gasteiger partial charge < -0.3 is 4.74 Å². The van der Waals surface area contributed by atoms with E-state index < -0.39 is 11.2 Å². The van der Waals surface area contributed by atoms with E-state index >= 15 is 0 Å². The Balaban J connectivity index is 1.72. The van der Waals surface area contributed by atoms with Crippen LogP contribution in [0.1, 0.15) is 22.3 Å². The fourth-order valence-corrected chi connectivity index (χ4v) is 5.20. The van der Waals surface area contributed by atoms with Crippen LogP contribution in [0.4, 0.5) is 0 Å². The molecule has 4 aromatic carbocycles. The maximum atomic E-state index is 6.87. The number of ether oxygens (including phenoxy) is 1. The molecular formula is C26H16Cl2O. The molecule has 1 nitrogen and oxygen atoms in total. The summed E-state index contributed by atoms with van der Waals surface area (Å²) in [5.41, 5.74) is 5.76. The third-order valence-electron chi connectivity index (χ3n) is 6.16. The van der Waals surface area contributed by atoms with Crippen molar-refractivity contribution < 1.29 is 4.74 Å². The quantitative estimate of drug-likeness (QED) is 0.316. The van der Waals surface area contributed by atoms with Gasteiger partial charge in [0.1, 0.15) is 0 Å². The lowest BCUT2D eigenvalue weighted by Crippen LogP contribution is -2.29. The molecule has 0 N–H and O–H groups in total. The molecule has 0 saturated carbocycles. The minimum Gasteiger partial charge on any atom is -0.342 e. The highest BCUT2D eigenvalue weighted by atomic mass is 35.5. The van der Waals surface area contributed by atoms with Crippen LogP contribution in [0.5, 0.6) is 0 Å². The third kappa shape index (κ3) is 2.16. The topological polar surface area (TPSA) is 12.5 Å². The Morgan fingerprint density at radius 3 is 1.28 bits per heavy atom. The fraction of sp³-hybridized carbons (Fsp3) is 0.0769. The predicted octanol–water partition coefficient (Wildman–Crippen LogP) is 7.19. The SMILES string of the molecule is Clc1ccc(C23OC2(c2ccc(Cl)cc2)c2ccccc2-c2ccccc23)cc1. The molecule has 3 heteroatoms. The van der Waals surface area contributed by atoms with Gasteiger partial charge in [0, 0.05) is 10.0 Å². The second-order valence-corrected chi connectivity index (χ2v) is 8.44. The van der Waals surface area contributed by atoms with Crippen LogP contribution in [-0.4, -0.2) is 0 Å². The molecule has 1 fully saturated rings. The number of fused-ring (bicyclic) bond motifs is 6. The van der Waals surface area contributed by atoms with Crippen LogP contribution in [0.15, 0.2) is 97.1 Å². The van der Waals surface area contributed by atoms with Crippen molar-refractivity contribution in [1.29, 1.82) is 0 Å². The van der Waals surface area contributed by atoms with Crippen molar-refractivity contribution in [3.63, 3.8) is 0 Å². The smallest absolute Gasteiger partial charge is 0.158 e. The Labute approximate surface area is 179 Å². The summed E-state index contributed by atoms with van der Waals surface area (Å²) in [7, 11) is 0. The number of epoxide rings is 1. The van der Waals surface area contributed by atoms with Gasteiger partial charge in [0.2, 0.25) is 0 Å². The van der Waals surface area contributed by atoms with Crippen LogP contribution in [0.3, 0.4) is 0 Å². The van der Waals surface area contributed by atoms with Crippen LogP contribution in [0, 0.1) is 0 Å². The van der Waals surface area contributed by atoms with Crippen molar-refractivity contribution in [2.75, 3.05) is 0 Å². The number of rotatable bonds is 2. The molecule has 140 valence electrons. The van der Waals surface area contributed by atoms with Gasteiger partial charge in [-0.1, -0.05) is 96.0 Å². The standard InChI is InChI=1S/C26H16Cl2O/c27-19-13-9-17(10-14-19)25-23-7-3-1-5-21(23)22-6-2-4-8-24(22)26(25,29-25)18-11-15-20(28)16-12-18/h1-16H. The average Bonchev–Trinajstić information content (AvgIpc) is 3.48. The first-order valence-electron chi connectivity index (χ1n) is 9.58. The molecule has 29 heavy (non-hydrogen) atoms. The van der Waals surface area contributed by atoms with E-state index in [1.54, 1.807) is 0 Å². The normalized spacial score (nSPS) is 23.7. The maximum Gasteiger partial charge on any atom is 0.158 e. The predicted molar refractivity (Wildman–Crippen MR) is 117 cm³/mol. The van der Waals surface area contributed by atoms with Crippen LogP contribution in [0.25, 0.3) is 11.1 Å². The summed E-state index contributed by atoms with van der Waals surface area (Å²) < 4.78 is 6.87. The lowest BCUT2D eigenvalue weighted by molar-refractivity contribution is 0.302. The van der Waals surface area contributed by atoms with Crippen molar-refractivity contribution in [2.45, 2.75) is 11.2 Å². The van der Waals surface area contributed by atoms with Crippen molar-refractivity contribution in [3.05, 3.63) is 129 Å². The largest absolute Gasteiger partial charge is 0.342 e. The average molecular weight is 415 g/mol. The van der Waals surface area contributed by atoms with E-state index in [-0.39, 0.29) is 0 Å². The van der Waals surface area contributed by atoms with Gasteiger partial charge in [-0.2, -0.15) is 0 Å². The van der Waals surface area contributed by atoms with Gasteiger partial charge in [0.15, 0.2) is 11.2 Å². The monoisotopic (exact) mass is 414 g/mol. The molecule has 1 aliphatic heterocycles. The first-order chi connectivity index (χ1) is 14.2. The third-order valence-corrected chi connectivity index (χ3v) is 6.67. The number of hydrogen-bond acceptors (Lipinski definition) is 1. The molecule has 4 aromatic rings. The van der Waals surface area contributed by atoms with E-state index in [9.17, 15) is 0 Å². The minimum atomic E-state index is -0.601. The zero-order chi connectivity index (χ0) is 19.6. The van der Waals surface area contributed by atoms with Crippen molar-refractivity contribution >= 4 is 23.2 Å². The summed E-state index contributed by atoms with van der Waals surface area (Å²) in [6.07, 6.45) is 0. The number of hydrogen-bond donors (Lipinski definition) is 0. The van der Waals surface area contributed by atoms with Gasteiger partial charge in [-0.3, -0.25) is 0 Å². The van der Waals surface area contributed by atoms with Gasteiger partial charge in [0.25, 0.3) is 0 Å². The fourth-order valence-electron chi connectivity index (χ4n) is 4.95.